The largest absolute Gasteiger partial charge is 0.393 e. The first kappa shape index (κ1) is 15.3. The van der Waals surface area contributed by atoms with Crippen molar-refractivity contribution >= 4 is 23.1 Å². The number of hydrogen-bond donors (Lipinski definition) is 1. The number of nitrogens with zero attached hydrogens (tertiary/aromatic N) is 1. The van der Waals surface area contributed by atoms with E-state index in [9.17, 15) is 4.79 Å². The molecule has 0 spiro atoms. The fourth-order valence-electron chi connectivity index (χ4n) is 5.48. The van der Waals surface area contributed by atoms with Crippen molar-refractivity contribution in [3.63, 3.8) is 0 Å². The van der Waals surface area contributed by atoms with E-state index in [1.54, 1.807) is 0 Å². The summed E-state index contributed by atoms with van der Waals surface area (Å²) in [6.45, 7) is 5.56. The third-order valence-electron chi connectivity index (χ3n) is 6.14. The summed E-state index contributed by atoms with van der Waals surface area (Å²) < 4.78 is 0. The molecule has 1 unspecified atom stereocenters. The first-order chi connectivity index (χ1) is 9.93. The second-order valence-electron chi connectivity index (χ2n) is 7.85. The Morgan fingerprint density at radius 3 is 2.10 bits per heavy atom. The molecular formula is C17H28N2OS. The number of nitrogens with two attached hydrogens (primary N) is 1. The molecule has 0 heterocycles. The number of amides is 1. The molecule has 4 heteroatoms. The van der Waals surface area contributed by atoms with Gasteiger partial charge in [0, 0.05) is 19.0 Å². The normalized spacial score (nSPS) is 38.3. The zero-order chi connectivity index (χ0) is 15.2. The van der Waals surface area contributed by atoms with E-state index in [-0.39, 0.29) is 11.3 Å². The van der Waals surface area contributed by atoms with Crippen LogP contribution in [0.15, 0.2) is 0 Å². The topological polar surface area (TPSA) is 46.3 Å². The van der Waals surface area contributed by atoms with Crippen LogP contribution >= 0.6 is 12.2 Å². The van der Waals surface area contributed by atoms with Gasteiger partial charge in [-0.15, -0.1) is 0 Å². The van der Waals surface area contributed by atoms with E-state index in [0.29, 0.717) is 17.4 Å². The predicted molar refractivity (Wildman–Crippen MR) is 88.8 cm³/mol. The molecule has 4 saturated carbocycles. The van der Waals surface area contributed by atoms with Crippen LogP contribution in [0.3, 0.4) is 0 Å². The lowest BCUT2D eigenvalue weighted by atomic mass is 9.49. The number of carbonyl (C=O) groups is 1. The van der Waals surface area contributed by atoms with E-state index in [0.717, 1.165) is 43.6 Å². The summed E-state index contributed by atoms with van der Waals surface area (Å²) in [6.07, 6.45) is 7.53. The molecule has 118 valence electrons. The Labute approximate surface area is 133 Å². The molecule has 0 aromatic rings. The van der Waals surface area contributed by atoms with Crippen LogP contribution in [0.25, 0.3) is 0 Å². The number of rotatable bonds is 5. The van der Waals surface area contributed by atoms with Crippen molar-refractivity contribution in [2.24, 2.45) is 34.8 Å². The van der Waals surface area contributed by atoms with Gasteiger partial charge in [0.05, 0.1) is 10.4 Å². The van der Waals surface area contributed by atoms with Gasteiger partial charge in [0.2, 0.25) is 5.91 Å². The monoisotopic (exact) mass is 308 g/mol. The summed E-state index contributed by atoms with van der Waals surface area (Å²) in [5, 5.41) is 0. The summed E-state index contributed by atoms with van der Waals surface area (Å²) in [4.78, 5) is 15.8. The molecule has 0 radical (unpaired) electrons. The minimum atomic E-state index is -0.0410. The van der Waals surface area contributed by atoms with Crippen LogP contribution in [0.2, 0.25) is 0 Å². The third-order valence-corrected chi connectivity index (χ3v) is 6.54. The van der Waals surface area contributed by atoms with Crippen LogP contribution in [0, 0.1) is 29.1 Å². The van der Waals surface area contributed by atoms with Crippen LogP contribution in [0.1, 0.15) is 52.4 Å². The first-order valence-corrected chi connectivity index (χ1v) is 8.93. The van der Waals surface area contributed by atoms with Crippen LogP contribution in [-0.4, -0.2) is 28.9 Å². The zero-order valence-corrected chi connectivity index (χ0v) is 14.1. The molecule has 0 aromatic heterocycles. The molecule has 0 aliphatic heterocycles. The van der Waals surface area contributed by atoms with Crippen molar-refractivity contribution in [1.29, 1.82) is 0 Å². The van der Waals surface area contributed by atoms with E-state index in [2.05, 4.69) is 6.92 Å². The SMILES string of the molecule is CCN(CC(C)C(N)=S)C(=O)C12CC3CC(CC(C3)C1)C2. The Balaban J connectivity index is 1.75. The van der Waals surface area contributed by atoms with Gasteiger partial charge in [-0.1, -0.05) is 19.1 Å². The quantitative estimate of drug-likeness (QED) is 0.794. The van der Waals surface area contributed by atoms with Gasteiger partial charge in [0.15, 0.2) is 0 Å². The van der Waals surface area contributed by atoms with Crippen molar-refractivity contribution in [1.82, 2.24) is 4.90 Å². The molecule has 0 saturated heterocycles. The van der Waals surface area contributed by atoms with Gasteiger partial charge in [-0.2, -0.15) is 0 Å². The molecule has 2 N–H and O–H groups in total. The Bertz CT molecular complexity index is 413. The van der Waals surface area contributed by atoms with Gasteiger partial charge in [0.25, 0.3) is 0 Å². The smallest absolute Gasteiger partial charge is 0.228 e. The first-order valence-electron chi connectivity index (χ1n) is 8.52. The Morgan fingerprint density at radius 2 is 1.71 bits per heavy atom. The lowest BCUT2D eigenvalue weighted by Gasteiger charge is -2.56. The summed E-state index contributed by atoms with van der Waals surface area (Å²) in [5.41, 5.74) is 5.70. The fraction of sp³-hybridized carbons (Fsp3) is 0.882. The average molecular weight is 308 g/mol. The molecule has 4 bridgehead atoms. The van der Waals surface area contributed by atoms with Crippen LogP contribution < -0.4 is 5.73 Å². The maximum Gasteiger partial charge on any atom is 0.228 e. The maximum absolute atomic E-state index is 13.2. The standard InChI is InChI=1S/C17H28N2OS/c1-3-19(10-11(2)15(18)21)16(20)17-7-12-4-13(8-17)6-14(5-12)9-17/h11-14H,3-10H2,1-2H3,(H2,18,21). The van der Waals surface area contributed by atoms with Gasteiger partial charge in [-0.05, 0) is 63.2 Å². The number of thiocarbonyl (C=S) groups is 1. The van der Waals surface area contributed by atoms with E-state index < -0.39 is 0 Å². The van der Waals surface area contributed by atoms with E-state index in [1.165, 1.54) is 19.3 Å². The second kappa shape index (κ2) is 5.53. The lowest BCUT2D eigenvalue weighted by molar-refractivity contribution is -0.157. The highest BCUT2D eigenvalue weighted by atomic mass is 32.1. The molecule has 4 aliphatic carbocycles. The van der Waals surface area contributed by atoms with Crippen molar-refractivity contribution < 1.29 is 4.79 Å². The molecule has 1 amide bonds. The van der Waals surface area contributed by atoms with E-state index in [1.807, 2.05) is 11.8 Å². The van der Waals surface area contributed by atoms with Gasteiger partial charge < -0.3 is 10.6 Å². The Morgan fingerprint density at radius 1 is 1.24 bits per heavy atom. The minimum absolute atomic E-state index is 0.0410. The van der Waals surface area contributed by atoms with Crippen LogP contribution in [0.5, 0.6) is 0 Å². The highest BCUT2D eigenvalue weighted by molar-refractivity contribution is 7.80. The van der Waals surface area contributed by atoms with E-state index >= 15 is 0 Å². The van der Waals surface area contributed by atoms with Crippen LogP contribution in [0.4, 0.5) is 0 Å². The molecule has 0 aromatic carbocycles. The van der Waals surface area contributed by atoms with Gasteiger partial charge in [-0.25, -0.2) is 0 Å². The minimum Gasteiger partial charge on any atom is -0.393 e. The summed E-state index contributed by atoms with van der Waals surface area (Å²) >= 11 is 5.08. The zero-order valence-electron chi connectivity index (χ0n) is 13.3. The molecule has 1 atom stereocenters. The highest BCUT2D eigenvalue weighted by Gasteiger charge is 2.55. The van der Waals surface area contributed by atoms with Crippen molar-refractivity contribution in [3.05, 3.63) is 0 Å². The van der Waals surface area contributed by atoms with Crippen molar-refractivity contribution in [2.75, 3.05) is 13.1 Å². The third kappa shape index (κ3) is 2.71. The number of carbonyl (C=O) groups excluding carboxylic acids is 1. The van der Waals surface area contributed by atoms with Crippen LogP contribution in [-0.2, 0) is 4.79 Å². The molecule has 3 nitrogen and oxygen atoms in total. The fourth-order valence-corrected chi connectivity index (χ4v) is 5.56. The maximum atomic E-state index is 13.2. The molecule has 4 aliphatic rings. The summed E-state index contributed by atoms with van der Waals surface area (Å²) in [5.74, 6) is 2.94. The molecule has 4 rings (SSSR count). The van der Waals surface area contributed by atoms with Crippen molar-refractivity contribution in [2.45, 2.75) is 52.4 Å². The molecule has 21 heavy (non-hydrogen) atoms. The van der Waals surface area contributed by atoms with E-state index in [4.69, 9.17) is 18.0 Å². The second-order valence-corrected chi connectivity index (χ2v) is 8.32. The highest BCUT2D eigenvalue weighted by Crippen LogP contribution is 2.60. The Hall–Kier alpha value is -0.640. The van der Waals surface area contributed by atoms with Gasteiger partial charge in [0.1, 0.15) is 0 Å². The molecular weight excluding hydrogens is 280 g/mol. The summed E-state index contributed by atoms with van der Waals surface area (Å²) in [7, 11) is 0. The predicted octanol–water partition coefficient (Wildman–Crippen LogP) is 2.97. The average Bonchev–Trinajstić information content (AvgIpc) is 2.42. The lowest BCUT2D eigenvalue weighted by Crippen LogP contribution is -2.55. The number of hydrogen-bond acceptors (Lipinski definition) is 2. The van der Waals surface area contributed by atoms with Gasteiger partial charge in [-0.3, -0.25) is 4.79 Å². The molecule has 4 fully saturated rings. The van der Waals surface area contributed by atoms with Crippen molar-refractivity contribution in [3.8, 4) is 0 Å². The summed E-state index contributed by atoms with van der Waals surface area (Å²) in [6, 6.07) is 0. The Kier molecular flexibility index (Phi) is 4.02. The van der Waals surface area contributed by atoms with Gasteiger partial charge >= 0.3 is 0 Å².